The summed E-state index contributed by atoms with van der Waals surface area (Å²) in [6, 6.07) is 5.56. The minimum atomic E-state index is -3.16. The van der Waals surface area contributed by atoms with Gasteiger partial charge < -0.3 is 5.32 Å². The molecule has 0 saturated heterocycles. The zero-order valence-corrected chi connectivity index (χ0v) is 11.2. The molecule has 1 aliphatic carbocycles. The Bertz CT molecular complexity index is 508. The van der Waals surface area contributed by atoms with Gasteiger partial charge in [-0.25, -0.2) is 8.42 Å². The van der Waals surface area contributed by atoms with Crippen molar-refractivity contribution in [2.45, 2.75) is 37.1 Å². The predicted octanol–water partition coefficient (Wildman–Crippen LogP) is 1.56. The van der Waals surface area contributed by atoms with Gasteiger partial charge in [0.2, 0.25) is 0 Å². The second kappa shape index (κ2) is 4.78. The van der Waals surface area contributed by atoms with Crippen molar-refractivity contribution in [3.05, 3.63) is 29.3 Å². The monoisotopic (exact) mass is 253 g/mol. The van der Waals surface area contributed by atoms with Crippen LogP contribution in [0.5, 0.6) is 0 Å². The highest BCUT2D eigenvalue weighted by atomic mass is 32.2. The molecule has 0 bridgehead atoms. The summed E-state index contributed by atoms with van der Waals surface area (Å²) in [5.41, 5.74) is 2.52. The fraction of sp³-hybridized carbons (Fsp3) is 0.538. The summed E-state index contributed by atoms with van der Waals surface area (Å²) in [7, 11) is -1.38. The van der Waals surface area contributed by atoms with Crippen molar-refractivity contribution in [1.29, 1.82) is 0 Å². The van der Waals surface area contributed by atoms with Crippen LogP contribution in [0.3, 0.4) is 0 Å². The Morgan fingerprint density at radius 2 is 2.00 bits per heavy atom. The Kier molecular flexibility index (Phi) is 3.54. The molecule has 1 aromatic carbocycles. The first-order valence-electron chi connectivity index (χ1n) is 6.05. The molecule has 1 atom stereocenters. The summed E-state index contributed by atoms with van der Waals surface area (Å²) >= 11 is 0. The maximum atomic E-state index is 12.2. The number of aryl methyl sites for hydroxylation is 2. The highest BCUT2D eigenvalue weighted by Crippen LogP contribution is 2.25. The van der Waals surface area contributed by atoms with Crippen molar-refractivity contribution in [3.8, 4) is 0 Å². The average Bonchev–Trinajstić information content (AvgIpc) is 2.75. The number of nitrogens with one attached hydrogen (secondary N) is 1. The lowest BCUT2D eigenvalue weighted by molar-refractivity contribution is 0.578. The third kappa shape index (κ3) is 2.69. The van der Waals surface area contributed by atoms with Crippen molar-refractivity contribution in [1.82, 2.24) is 5.32 Å². The quantitative estimate of drug-likeness (QED) is 0.885. The zero-order valence-electron chi connectivity index (χ0n) is 10.4. The van der Waals surface area contributed by atoms with Crippen LogP contribution in [0.4, 0.5) is 0 Å². The van der Waals surface area contributed by atoms with E-state index in [1.54, 1.807) is 13.1 Å². The number of rotatable bonds is 4. The smallest absolute Gasteiger partial charge is 0.179 e. The highest BCUT2D eigenvalue weighted by molar-refractivity contribution is 7.91. The van der Waals surface area contributed by atoms with Gasteiger partial charge in [-0.15, -0.1) is 0 Å². The largest absolute Gasteiger partial charge is 0.316 e. The molecule has 2 rings (SSSR count). The molecule has 1 aromatic rings. The van der Waals surface area contributed by atoms with Crippen molar-refractivity contribution in [3.63, 3.8) is 0 Å². The lowest BCUT2D eigenvalue weighted by Gasteiger charge is -2.11. The highest BCUT2D eigenvalue weighted by Gasteiger charge is 2.20. The summed E-state index contributed by atoms with van der Waals surface area (Å²) in [5.74, 6) is 0.155. The van der Waals surface area contributed by atoms with Crippen LogP contribution in [0.1, 0.15) is 24.5 Å². The van der Waals surface area contributed by atoms with Gasteiger partial charge in [-0.1, -0.05) is 6.07 Å². The van der Waals surface area contributed by atoms with Gasteiger partial charge in [0.1, 0.15) is 0 Å². The molecule has 1 aliphatic rings. The third-order valence-corrected chi connectivity index (χ3v) is 5.30. The van der Waals surface area contributed by atoms with Gasteiger partial charge in [-0.2, -0.15) is 0 Å². The summed E-state index contributed by atoms with van der Waals surface area (Å²) in [4.78, 5) is 0.472. The number of hydrogen-bond donors (Lipinski definition) is 1. The first kappa shape index (κ1) is 12.6. The maximum Gasteiger partial charge on any atom is 0.179 e. The Morgan fingerprint density at radius 3 is 2.71 bits per heavy atom. The van der Waals surface area contributed by atoms with E-state index in [1.165, 1.54) is 11.1 Å². The molecular formula is C13H19NO2S. The van der Waals surface area contributed by atoms with Gasteiger partial charge in [0.25, 0.3) is 0 Å². The molecular weight excluding hydrogens is 234 g/mol. The second-order valence-electron chi connectivity index (χ2n) is 4.76. The molecule has 1 unspecified atom stereocenters. The topological polar surface area (TPSA) is 46.2 Å². The number of benzene rings is 1. The lowest BCUT2D eigenvalue weighted by Crippen LogP contribution is -2.29. The van der Waals surface area contributed by atoms with E-state index in [1.807, 2.05) is 19.1 Å². The standard InChI is InChI=1S/C13H19NO2S/c1-10(14-2)9-17(15,16)13-7-6-11-4-3-5-12(11)8-13/h6-8,10,14H,3-5,9H2,1-2H3. The maximum absolute atomic E-state index is 12.2. The molecule has 0 aromatic heterocycles. The summed E-state index contributed by atoms with van der Waals surface area (Å²) in [6.07, 6.45) is 3.24. The molecule has 0 saturated carbocycles. The summed E-state index contributed by atoms with van der Waals surface area (Å²) in [5, 5.41) is 2.96. The van der Waals surface area contributed by atoms with Gasteiger partial charge in [-0.3, -0.25) is 0 Å². The van der Waals surface area contributed by atoms with Crippen molar-refractivity contribution in [2.24, 2.45) is 0 Å². The number of hydrogen-bond acceptors (Lipinski definition) is 3. The molecule has 4 heteroatoms. The fourth-order valence-corrected chi connectivity index (χ4v) is 3.86. The molecule has 0 radical (unpaired) electrons. The van der Waals surface area contributed by atoms with Crippen LogP contribution < -0.4 is 5.32 Å². The van der Waals surface area contributed by atoms with Crippen molar-refractivity contribution < 1.29 is 8.42 Å². The van der Waals surface area contributed by atoms with Crippen molar-refractivity contribution >= 4 is 9.84 Å². The SMILES string of the molecule is CNC(C)CS(=O)(=O)c1ccc2c(c1)CCC2. The van der Waals surface area contributed by atoms with E-state index in [-0.39, 0.29) is 11.8 Å². The van der Waals surface area contributed by atoms with Gasteiger partial charge in [-0.05, 0) is 56.5 Å². The minimum absolute atomic E-state index is 0.0201. The fourth-order valence-electron chi connectivity index (χ4n) is 2.25. The van der Waals surface area contributed by atoms with Gasteiger partial charge in [0, 0.05) is 6.04 Å². The van der Waals surface area contributed by atoms with E-state index < -0.39 is 9.84 Å². The molecule has 0 amide bonds. The molecule has 17 heavy (non-hydrogen) atoms. The van der Waals surface area contributed by atoms with E-state index >= 15 is 0 Å². The average molecular weight is 253 g/mol. The number of sulfone groups is 1. The Hall–Kier alpha value is -0.870. The van der Waals surface area contributed by atoms with Crippen LogP contribution >= 0.6 is 0 Å². The van der Waals surface area contributed by atoms with E-state index in [4.69, 9.17) is 0 Å². The van der Waals surface area contributed by atoms with Gasteiger partial charge in [0.15, 0.2) is 9.84 Å². The lowest BCUT2D eigenvalue weighted by atomic mass is 10.1. The Labute approximate surface area is 103 Å². The van der Waals surface area contributed by atoms with E-state index in [2.05, 4.69) is 5.32 Å². The van der Waals surface area contributed by atoms with E-state index in [0.29, 0.717) is 4.90 Å². The summed E-state index contributed by atoms with van der Waals surface area (Å²) in [6.45, 7) is 1.88. The Morgan fingerprint density at radius 1 is 1.29 bits per heavy atom. The molecule has 0 heterocycles. The molecule has 1 N–H and O–H groups in total. The zero-order chi connectivity index (χ0) is 12.5. The normalized spacial score (nSPS) is 16.8. The molecule has 3 nitrogen and oxygen atoms in total. The van der Waals surface area contributed by atoms with Gasteiger partial charge >= 0.3 is 0 Å². The molecule has 0 spiro atoms. The third-order valence-electron chi connectivity index (χ3n) is 3.39. The molecule has 0 aliphatic heterocycles. The van der Waals surface area contributed by atoms with Crippen LogP contribution in [0.25, 0.3) is 0 Å². The van der Waals surface area contributed by atoms with Crippen LogP contribution in [-0.2, 0) is 22.7 Å². The second-order valence-corrected chi connectivity index (χ2v) is 6.79. The van der Waals surface area contributed by atoms with E-state index in [0.717, 1.165) is 19.3 Å². The first-order chi connectivity index (χ1) is 8.03. The van der Waals surface area contributed by atoms with Crippen LogP contribution in [0.15, 0.2) is 23.1 Å². The molecule has 94 valence electrons. The Balaban J connectivity index is 2.28. The van der Waals surface area contributed by atoms with Gasteiger partial charge in [0.05, 0.1) is 10.6 Å². The van der Waals surface area contributed by atoms with E-state index in [9.17, 15) is 8.42 Å². The first-order valence-corrected chi connectivity index (χ1v) is 7.70. The number of fused-ring (bicyclic) bond motifs is 1. The van der Waals surface area contributed by atoms with Crippen molar-refractivity contribution in [2.75, 3.05) is 12.8 Å². The summed E-state index contributed by atoms with van der Waals surface area (Å²) < 4.78 is 24.3. The van der Waals surface area contributed by atoms with Crippen LogP contribution in [0.2, 0.25) is 0 Å². The van der Waals surface area contributed by atoms with Crippen LogP contribution in [-0.4, -0.2) is 27.3 Å². The van der Waals surface area contributed by atoms with Crippen LogP contribution in [0, 0.1) is 0 Å². The molecule has 0 fully saturated rings. The predicted molar refractivity (Wildman–Crippen MR) is 69.0 cm³/mol. The minimum Gasteiger partial charge on any atom is -0.316 e.